The zero-order chi connectivity index (χ0) is 10.7. The third kappa shape index (κ3) is 2.78. The van der Waals surface area contributed by atoms with E-state index in [1.54, 1.807) is 13.8 Å². The molecular weight excluding hydrogens is 209 g/mol. The summed E-state index contributed by atoms with van der Waals surface area (Å²) in [7, 11) is 0. The van der Waals surface area contributed by atoms with Crippen molar-refractivity contribution in [3.8, 4) is 0 Å². The summed E-state index contributed by atoms with van der Waals surface area (Å²) in [6.45, 7) is 3.30. The van der Waals surface area contributed by atoms with Crippen molar-refractivity contribution in [1.29, 1.82) is 0 Å². The summed E-state index contributed by atoms with van der Waals surface area (Å²) >= 11 is 5.49. The van der Waals surface area contributed by atoms with Gasteiger partial charge in [-0.2, -0.15) is 4.98 Å². The van der Waals surface area contributed by atoms with Crippen LogP contribution >= 0.6 is 11.6 Å². The quantitative estimate of drug-likeness (QED) is 0.756. The predicted molar refractivity (Wildman–Crippen MR) is 51.8 cm³/mol. The Morgan fingerprint density at radius 1 is 1.57 bits per heavy atom. The first kappa shape index (κ1) is 11.1. The molecule has 0 unspecified atom stereocenters. The van der Waals surface area contributed by atoms with E-state index >= 15 is 0 Å². The maximum atomic E-state index is 13.1. The van der Waals surface area contributed by atoms with Gasteiger partial charge in [0.15, 0.2) is 11.6 Å². The second kappa shape index (κ2) is 4.52. The highest BCUT2D eigenvalue weighted by atomic mass is 35.5. The number of rotatable bonds is 3. The Morgan fingerprint density at radius 2 is 2.21 bits per heavy atom. The fourth-order valence-corrected chi connectivity index (χ4v) is 0.916. The van der Waals surface area contributed by atoms with Crippen molar-refractivity contribution in [2.75, 3.05) is 5.32 Å². The number of anilines is 1. The van der Waals surface area contributed by atoms with Crippen LogP contribution < -0.4 is 5.32 Å². The number of nitrogens with zero attached hydrogens (tertiary/aromatic N) is 2. The highest BCUT2D eigenvalue weighted by Gasteiger charge is 2.12. The third-order valence-electron chi connectivity index (χ3n) is 1.80. The summed E-state index contributed by atoms with van der Waals surface area (Å²) < 4.78 is 13.1. The van der Waals surface area contributed by atoms with Gasteiger partial charge in [0.25, 0.3) is 0 Å². The monoisotopic (exact) mass is 219 g/mol. The second-order valence-corrected chi connectivity index (χ2v) is 3.35. The summed E-state index contributed by atoms with van der Waals surface area (Å²) in [6.07, 6.45) is 0.370. The van der Waals surface area contributed by atoms with Crippen LogP contribution in [-0.2, 0) is 0 Å². The van der Waals surface area contributed by atoms with Gasteiger partial charge in [0.2, 0.25) is 5.28 Å². The molecule has 1 heterocycles. The molecule has 0 fully saturated rings. The van der Waals surface area contributed by atoms with Crippen LogP contribution in [0.1, 0.15) is 13.8 Å². The fourth-order valence-electron chi connectivity index (χ4n) is 0.783. The van der Waals surface area contributed by atoms with Gasteiger partial charge < -0.3 is 10.4 Å². The number of halogens is 2. The molecule has 0 aliphatic rings. The van der Waals surface area contributed by atoms with E-state index < -0.39 is 11.9 Å². The molecule has 2 N–H and O–H groups in total. The van der Waals surface area contributed by atoms with Gasteiger partial charge in [0.05, 0.1) is 18.3 Å². The van der Waals surface area contributed by atoms with E-state index in [0.29, 0.717) is 0 Å². The molecule has 0 saturated heterocycles. The number of nitrogens with one attached hydrogen (secondary N) is 1. The van der Waals surface area contributed by atoms with Crippen LogP contribution in [0.15, 0.2) is 6.20 Å². The molecular formula is C8H11ClFN3O. The number of aromatic nitrogens is 2. The third-order valence-corrected chi connectivity index (χ3v) is 1.98. The minimum atomic E-state index is -0.608. The van der Waals surface area contributed by atoms with Crippen LogP contribution in [-0.4, -0.2) is 27.2 Å². The molecule has 6 heteroatoms. The first-order valence-corrected chi connectivity index (χ1v) is 4.51. The van der Waals surface area contributed by atoms with Gasteiger partial charge in [0, 0.05) is 0 Å². The highest BCUT2D eigenvalue weighted by molar-refractivity contribution is 6.28. The lowest BCUT2D eigenvalue weighted by Gasteiger charge is -2.17. The number of hydrogen-bond donors (Lipinski definition) is 2. The van der Waals surface area contributed by atoms with E-state index in [9.17, 15) is 9.50 Å². The van der Waals surface area contributed by atoms with Crippen molar-refractivity contribution in [2.45, 2.75) is 26.0 Å². The zero-order valence-electron chi connectivity index (χ0n) is 7.83. The first-order chi connectivity index (χ1) is 6.50. The molecule has 0 radical (unpaired) electrons. The van der Waals surface area contributed by atoms with Gasteiger partial charge in [-0.25, -0.2) is 9.37 Å². The van der Waals surface area contributed by atoms with E-state index in [2.05, 4.69) is 15.3 Å². The van der Waals surface area contributed by atoms with Gasteiger partial charge in [-0.05, 0) is 25.4 Å². The molecule has 14 heavy (non-hydrogen) atoms. The molecule has 0 aromatic carbocycles. The molecule has 0 aliphatic carbocycles. The van der Waals surface area contributed by atoms with E-state index in [1.165, 1.54) is 0 Å². The fraction of sp³-hybridized carbons (Fsp3) is 0.500. The molecule has 78 valence electrons. The smallest absolute Gasteiger partial charge is 0.224 e. The molecule has 0 bridgehead atoms. The van der Waals surface area contributed by atoms with Crippen LogP contribution in [0, 0.1) is 5.82 Å². The van der Waals surface area contributed by atoms with Crippen LogP contribution in [0.5, 0.6) is 0 Å². The van der Waals surface area contributed by atoms with E-state index in [0.717, 1.165) is 6.20 Å². The molecule has 4 nitrogen and oxygen atoms in total. The van der Waals surface area contributed by atoms with Crippen LogP contribution in [0.4, 0.5) is 10.2 Å². The molecule has 2 atom stereocenters. The minimum absolute atomic E-state index is 0.00148. The SMILES string of the molecule is C[C@H](O)[C@H](C)Nc1nc(Cl)ncc1F. The van der Waals surface area contributed by atoms with Gasteiger partial charge >= 0.3 is 0 Å². The topological polar surface area (TPSA) is 58.0 Å². The second-order valence-electron chi connectivity index (χ2n) is 3.01. The number of hydrogen-bond acceptors (Lipinski definition) is 4. The number of aliphatic hydroxyl groups excluding tert-OH is 1. The maximum absolute atomic E-state index is 13.1. The van der Waals surface area contributed by atoms with Crippen LogP contribution in [0.25, 0.3) is 0 Å². The lowest BCUT2D eigenvalue weighted by molar-refractivity contribution is 0.177. The molecule has 0 spiro atoms. The Balaban J connectivity index is 2.80. The van der Waals surface area contributed by atoms with Crippen molar-refractivity contribution < 1.29 is 9.50 Å². The lowest BCUT2D eigenvalue weighted by atomic mass is 10.2. The lowest BCUT2D eigenvalue weighted by Crippen LogP contribution is -2.28. The average molecular weight is 220 g/mol. The van der Waals surface area contributed by atoms with Gasteiger partial charge in [-0.15, -0.1) is 0 Å². The van der Waals surface area contributed by atoms with E-state index in [-0.39, 0.29) is 17.1 Å². The largest absolute Gasteiger partial charge is 0.391 e. The van der Waals surface area contributed by atoms with E-state index in [4.69, 9.17) is 11.6 Å². The van der Waals surface area contributed by atoms with Crippen molar-refractivity contribution >= 4 is 17.4 Å². The maximum Gasteiger partial charge on any atom is 0.224 e. The Labute approximate surface area is 86.1 Å². The van der Waals surface area contributed by atoms with E-state index in [1.807, 2.05) is 0 Å². The predicted octanol–water partition coefficient (Wildman–Crippen LogP) is 1.45. The summed E-state index contributed by atoms with van der Waals surface area (Å²) in [6, 6.07) is -0.310. The van der Waals surface area contributed by atoms with Crippen LogP contribution in [0.3, 0.4) is 0 Å². The standard InChI is InChI=1S/C8H11ClFN3O/c1-4(5(2)14)12-7-6(10)3-11-8(9)13-7/h3-5,14H,1-2H3,(H,11,12,13)/t4-,5-/m0/s1. The average Bonchev–Trinajstić information content (AvgIpc) is 2.11. The van der Waals surface area contributed by atoms with Crippen molar-refractivity contribution in [3.05, 3.63) is 17.3 Å². The summed E-state index contributed by atoms with van der Waals surface area (Å²) in [5, 5.41) is 11.8. The van der Waals surface area contributed by atoms with Crippen LogP contribution in [0.2, 0.25) is 5.28 Å². The molecule has 1 rings (SSSR count). The highest BCUT2D eigenvalue weighted by Crippen LogP contribution is 2.13. The summed E-state index contributed by atoms with van der Waals surface area (Å²) in [5.74, 6) is -0.597. The zero-order valence-corrected chi connectivity index (χ0v) is 8.59. The normalized spacial score (nSPS) is 14.9. The molecule has 1 aromatic heterocycles. The number of aliphatic hydroxyl groups is 1. The summed E-state index contributed by atoms with van der Waals surface area (Å²) in [4.78, 5) is 7.12. The molecule has 0 amide bonds. The van der Waals surface area contributed by atoms with Crippen molar-refractivity contribution in [3.63, 3.8) is 0 Å². The Hall–Kier alpha value is -0.940. The first-order valence-electron chi connectivity index (χ1n) is 4.13. The summed E-state index contributed by atoms with van der Waals surface area (Å²) in [5.41, 5.74) is 0. The Morgan fingerprint density at radius 3 is 2.79 bits per heavy atom. The van der Waals surface area contributed by atoms with Gasteiger partial charge in [-0.3, -0.25) is 0 Å². The molecule has 1 aromatic rings. The molecule has 0 aliphatic heterocycles. The Bertz CT molecular complexity index is 321. The Kier molecular flexibility index (Phi) is 3.60. The van der Waals surface area contributed by atoms with Crippen molar-refractivity contribution in [2.24, 2.45) is 0 Å². The minimum Gasteiger partial charge on any atom is -0.391 e. The molecule has 0 saturated carbocycles. The van der Waals surface area contributed by atoms with Gasteiger partial charge in [0.1, 0.15) is 0 Å². The van der Waals surface area contributed by atoms with Crippen molar-refractivity contribution in [1.82, 2.24) is 9.97 Å². The van der Waals surface area contributed by atoms with Gasteiger partial charge in [-0.1, -0.05) is 0 Å².